The molecule has 0 bridgehead atoms. The van der Waals surface area contributed by atoms with Crippen molar-refractivity contribution in [3.8, 4) is 17.0 Å². The predicted molar refractivity (Wildman–Crippen MR) is 145 cm³/mol. The second kappa shape index (κ2) is 10.8. The molecule has 2 aliphatic carbocycles. The van der Waals surface area contributed by atoms with Gasteiger partial charge < -0.3 is 19.2 Å². The molecule has 0 unspecified atom stereocenters. The number of benzene rings is 2. The molecular formula is C29H32KN3O6S. The van der Waals surface area contributed by atoms with E-state index in [2.05, 4.69) is 4.72 Å². The molecule has 11 heteroatoms. The molecule has 1 amide bonds. The summed E-state index contributed by atoms with van der Waals surface area (Å²) in [6, 6.07) is 11.1. The molecule has 9 nitrogen and oxygen atoms in total. The molecule has 1 N–H and O–H groups in total. The van der Waals surface area contributed by atoms with E-state index in [9.17, 15) is 23.1 Å². The van der Waals surface area contributed by atoms with E-state index in [1.54, 1.807) is 19.2 Å². The summed E-state index contributed by atoms with van der Waals surface area (Å²) in [5.41, 5.74) is 3.97. The number of carboxylic acid groups (broad SMARTS) is 1. The van der Waals surface area contributed by atoms with Crippen LogP contribution in [0.1, 0.15) is 71.8 Å². The maximum atomic E-state index is 13.0. The van der Waals surface area contributed by atoms with Crippen LogP contribution in [0.25, 0.3) is 22.2 Å². The van der Waals surface area contributed by atoms with E-state index in [0.29, 0.717) is 18.1 Å². The molecule has 2 heterocycles. The molecule has 6 rings (SSSR count). The van der Waals surface area contributed by atoms with Crippen LogP contribution in [-0.4, -0.2) is 50.4 Å². The third-order valence-electron chi connectivity index (χ3n) is 8.89. The van der Waals surface area contributed by atoms with Crippen molar-refractivity contribution in [3.05, 3.63) is 53.1 Å². The molecule has 1 aromatic heterocycles. The fourth-order valence-electron chi connectivity index (χ4n) is 6.68. The Bertz CT molecular complexity index is 1630. The normalized spacial score (nSPS) is 21.9. The van der Waals surface area contributed by atoms with Crippen molar-refractivity contribution in [3.63, 3.8) is 0 Å². The topological polar surface area (TPSA) is 121 Å². The number of amides is 1. The van der Waals surface area contributed by atoms with Gasteiger partial charge in [-0.25, -0.2) is 4.72 Å². The van der Waals surface area contributed by atoms with Crippen molar-refractivity contribution in [2.75, 3.05) is 21.2 Å². The number of hydrogen-bond acceptors (Lipinski definition) is 6. The summed E-state index contributed by atoms with van der Waals surface area (Å²) >= 11 is 0. The van der Waals surface area contributed by atoms with Crippen LogP contribution < -0.4 is 66.0 Å². The van der Waals surface area contributed by atoms with E-state index in [1.165, 1.54) is 26.1 Å². The second-order valence-electron chi connectivity index (χ2n) is 11.3. The molecule has 3 aliphatic rings. The van der Waals surface area contributed by atoms with Crippen LogP contribution >= 0.6 is 0 Å². The van der Waals surface area contributed by atoms with E-state index in [4.69, 9.17) is 4.74 Å². The van der Waals surface area contributed by atoms with Crippen molar-refractivity contribution in [2.24, 2.45) is 5.41 Å². The molecule has 206 valence electrons. The van der Waals surface area contributed by atoms with Crippen LogP contribution in [0.2, 0.25) is 0 Å². The first kappa shape index (κ1) is 29.7. The average molecular weight is 590 g/mol. The first-order valence-electron chi connectivity index (χ1n) is 13.4. The number of ether oxygens (including phenoxy) is 1. The number of aliphatic carboxylic acids is 1. The fourth-order valence-corrected chi connectivity index (χ4v) is 7.21. The van der Waals surface area contributed by atoms with Gasteiger partial charge >= 0.3 is 61.6 Å². The van der Waals surface area contributed by atoms with E-state index in [1.807, 2.05) is 28.8 Å². The monoisotopic (exact) mass is 589 g/mol. The number of carboxylic acids is 1. The minimum absolute atomic E-state index is 0. The van der Waals surface area contributed by atoms with Crippen molar-refractivity contribution in [2.45, 2.75) is 56.9 Å². The standard InChI is InChI=1S/C29H33N3O6S.K/c1-31(2)39(36,37)30-27(33)18-9-11-21-24(13-18)32-16-29(28(34)35)15-23(29)22-14-19(38-3)10-12-20(22)26(32)25(21)17-7-5-4-6-8-17;/h9-14,17,23H,4-8,15-16H2,1-3H3,(H,30,33)(H,34,35);/q;+1/p-1/t23-,29-;/m0./s1. The quantitative estimate of drug-likeness (QED) is 0.409. The Labute approximate surface area is 276 Å². The molecule has 2 aromatic carbocycles. The van der Waals surface area contributed by atoms with Crippen molar-refractivity contribution >= 4 is 33.0 Å². The predicted octanol–water partition coefficient (Wildman–Crippen LogP) is 0.142. The van der Waals surface area contributed by atoms with Gasteiger partial charge in [0.2, 0.25) is 0 Å². The Kier molecular flexibility index (Phi) is 8.06. The molecule has 0 saturated heterocycles. The van der Waals surface area contributed by atoms with Crippen LogP contribution in [-0.2, 0) is 21.5 Å². The van der Waals surface area contributed by atoms with Gasteiger partial charge in [0, 0.05) is 54.1 Å². The summed E-state index contributed by atoms with van der Waals surface area (Å²) < 4.78 is 35.3. The van der Waals surface area contributed by atoms with E-state index in [0.717, 1.165) is 57.7 Å². The van der Waals surface area contributed by atoms with Gasteiger partial charge in [-0.05, 0) is 72.6 Å². The Morgan fingerprint density at radius 3 is 2.48 bits per heavy atom. The minimum atomic E-state index is -3.97. The Morgan fingerprint density at radius 2 is 1.82 bits per heavy atom. The Morgan fingerprint density at radius 1 is 1.10 bits per heavy atom. The molecule has 0 spiro atoms. The van der Waals surface area contributed by atoms with Crippen molar-refractivity contribution in [1.29, 1.82) is 0 Å². The van der Waals surface area contributed by atoms with Crippen LogP contribution in [0.5, 0.6) is 5.75 Å². The van der Waals surface area contributed by atoms with Gasteiger partial charge in [-0.3, -0.25) is 4.79 Å². The van der Waals surface area contributed by atoms with Crippen LogP contribution in [0, 0.1) is 5.41 Å². The number of carbonyl (C=O) groups excluding carboxylic acids is 2. The number of rotatable bonds is 6. The van der Waals surface area contributed by atoms with E-state index >= 15 is 0 Å². The molecule has 0 radical (unpaired) electrons. The van der Waals surface area contributed by atoms with Crippen molar-refractivity contribution in [1.82, 2.24) is 13.6 Å². The SMILES string of the molecule is COc1ccc2c(c1)[C@@H]1C[C@]1(C(=O)[O-])Cn1c-2c(C2CCCCC2)c2ccc(C(=O)NS(=O)(=O)N(C)C)cc21.[K+]. The number of hydrogen-bond donors (Lipinski definition) is 1. The Hall–Kier alpha value is -1.73. The first-order valence-corrected chi connectivity index (χ1v) is 14.8. The number of nitrogens with one attached hydrogen (secondary N) is 1. The van der Waals surface area contributed by atoms with Gasteiger partial charge in [0.15, 0.2) is 0 Å². The average Bonchev–Trinajstić information content (AvgIpc) is 3.59. The molecule has 1 aliphatic heterocycles. The minimum Gasteiger partial charge on any atom is -0.549 e. The number of nitrogens with zero attached hydrogens (tertiary/aromatic N) is 2. The van der Waals surface area contributed by atoms with Gasteiger partial charge in [0.1, 0.15) is 5.75 Å². The number of aromatic nitrogens is 1. The smallest absolute Gasteiger partial charge is 0.549 e. The summed E-state index contributed by atoms with van der Waals surface area (Å²) in [4.78, 5) is 25.6. The molecular weight excluding hydrogens is 557 g/mol. The van der Waals surface area contributed by atoms with Crippen molar-refractivity contribution < 1.29 is 79.2 Å². The maximum absolute atomic E-state index is 13.0. The molecule has 2 fully saturated rings. The number of methoxy groups -OCH3 is 1. The zero-order valence-electron chi connectivity index (χ0n) is 23.3. The third kappa shape index (κ3) is 4.77. The summed E-state index contributed by atoms with van der Waals surface area (Å²) in [6.07, 6.45) is 5.99. The van der Waals surface area contributed by atoms with Gasteiger partial charge in [-0.1, -0.05) is 25.3 Å². The summed E-state index contributed by atoms with van der Waals surface area (Å²) in [5.74, 6) is -1.04. The summed E-state index contributed by atoms with van der Waals surface area (Å²) in [6.45, 7) is 0.219. The number of carbonyl (C=O) groups is 2. The Balaban J connectivity index is 0.00000323. The molecule has 3 aromatic rings. The van der Waals surface area contributed by atoms with E-state index in [-0.39, 0.29) is 69.4 Å². The largest absolute Gasteiger partial charge is 1.00 e. The molecule has 40 heavy (non-hydrogen) atoms. The van der Waals surface area contributed by atoms with Crippen LogP contribution in [0.4, 0.5) is 0 Å². The maximum Gasteiger partial charge on any atom is 1.00 e. The third-order valence-corrected chi connectivity index (χ3v) is 10.3. The number of fused-ring (bicyclic) bond motifs is 7. The summed E-state index contributed by atoms with van der Waals surface area (Å²) in [7, 11) is 0.322. The van der Waals surface area contributed by atoms with Gasteiger partial charge in [0.05, 0.1) is 12.8 Å². The van der Waals surface area contributed by atoms with E-state index < -0.39 is 27.5 Å². The zero-order valence-corrected chi connectivity index (χ0v) is 27.3. The summed E-state index contributed by atoms with van der Waals surface area (Å²) in [5, 5.41) is 13.6. The second-order valence-corrected chi connectivity index (χ2v) is 13.2. The van der Waals surface area contributed by atoms with Gasteiger partial charge in [0.25, 0.3) is 5.91 Å². The van der Waals surface area contributed by atoms with Crippen LogP contribution in [0.15, 0.2) is 36.4 Å². The van der Waals surface area contributed by atoms with Crippen LogP contribution in [0.3, 0.4) is 0 Å². The first-order chi connectivity index (χ1) is 18.6. The van der Waals surface area contributed by atoms with Gasteiger partial charge in [-0.15, -0.1) is 0 Å². The fraction of sp³-hybridized carbons (Fsp3) is 0.448. The molecule has 2 saturated carbocycles. The molecule has 2 atom stereocenters. The van der Waals surface area contributed by atoms with Gasteiger partial charge in [-0.2, -0.15) is 12.7 Å². The zero-order chi connectivity index (χ0) is 27.7.